The maximum Gasteiger partial charge on any atom is 0.261 e. The predicted octanol–water partition coefficient (Wildman–Crippen LogP) is 0.664. The lowest BCUT2D eigenvalue weighted by Gasteiger charge is -1.99. The minimum absolute atomic E-state index is 0.343. The van der Waals surface area contributed by atoms with E-state index in [0.717, 1.165) is 19.3 Å². The molecular formula is C8H11NO3S. The normalized spacial score (nSPS) is 26.6. The first-order chi connectivity index (χ1) is 6.11. The van der Waals surface area contributed by atoms with Crippen LogP contribution in [-0.4, -0.2) is 14.3 Å². The number of rotatable bonds is 0. The third-order valence-corrected chi connectivity index (χ3v) is 4.05. The molecule has 1 heterocycles. The van der Waals surface area contributed by atoms with Crippen molar-refractivity contribution in [3.05, 3.63) is 10.5 Å². The van der Waals surface area contributed by atoms with Gasteiger partial charge >= 0.3 is 0 Å². The van der Waals surface area contributed by atoms with E-state index in [1.165, 1.54) is 0 Å². The molecule has 1 amide bonds. The summed E-state index contributed by atoms with van der Waals surface area (Å²) in [5, 5.41) is 0. The summed E-state index contributed by atoms with van der Waals surface area (Å²) in [6.45, 7) is 0. The maximum absolute atomic E-state index is 11.4. The van der Waals surface area contributed by atoms with E-state index >= 15 is 0 Å². The number of hydrogen-bond donors (Lipinski definition) is 1. The van der Waals surface area contributed by atoms with Gasteiger partial charge in [0.05, 0.1) is 4.91 Å². The van der Waals surface area contributed by atoms with Crippen LogP contribution in [-0.2, 0) is 14.8 Å². The first kappa shape index (κ1) is 8.74. The molecule has 72 valence electrons. The fourth-order valence-electron chi connectivity index (χ4n) is 1.84. The molecule has 0 aromatic carbocycles. The molecule has 0 saturated carbocycles. The van der Waals surface area contributed by atoms with Crippen LogP contribution < -0.4 is 4.72 Å². The maximum atomic E-state index is 11.4. The van der Waals surface area contributed by atoms with Crippen molar-refractivity contribution >= 4 is 15.9 Å². The van der Waals surface area contributed by atoms with Gasteiger partial charge in [0.1, 0.15) is 0 Å². The van der Waals surface area contributed by atoms with E-state index in [1.54, 1.807) is 0 Å². The van der Waals surface area contributed by atoms with Crippen LogP contribution in [0.1, 0.15) is 32.1 Å². The van der Waals surface area contributed by atoms with Crippen LogP contribution in [0.2, 0.25) is 0 Å². The molecule has 4 nitrogen and oxygen atoms in total. The molecule has 0 spiro atoms. The van der Waals surface area contributed by atoms with Gasteiger partial charge in [0.2, 0.25) is 0 Å². The first-order valence-corrected chi connectivity index (χ1v) is 5.89. The van der Waals surface area contributed by atoms with Crippen molar-refractivity contribution < 1.29 is 13.2 Å². The quantitative estimate of drug-likeness (QED) is 0.626. The highest BCUT2D eigenvalue weighted by Crippen LogP contribution is 2.31. The first-order valence-electron chi connectivity index (χ1n) is 4.40. The molecule has 0 bridgehead atoms. The fourth-order valence-corrected chi connectivity index (χ4v) is 3.26. The fraction of sp³-hybridized carbons (Fsp3) is 0.625. The molecule has 0 aromatic heterocycles. The topological polar surface area (TPSA) is 63.2 Å². The molecule has 1 aliphatic heterocycles. The molecule has 0 aromatic rings. The molecule has 1 aliphatic carbocycles. The summed E-state index contributed by atoms with van der Waals surface area (Å²) in [7, 11) is -3.44. The Morgan fingerprint density at radius 1 is 1.08 bits per heavy atom. The predicted molar refractivity (Wildman–Crippen MR) is 47.2 cm³/mol. The third kappa shape index (κ3) is 1.37. The average molecular weight is 201 g/mol. The second kappa shape index (κ2) is 2.83. The van der Waals surface area contributed by atoms with Gasteiger partial charge in [0.15, 0.2) is 0 Å². The summed E-state index contributed by atoms with van der Waals surface area (Å²) < 4.78 is 24.8. The van der Waals surface area contributed by atoms with Crippen molar-refractivity contribution in [3.63, 3.8) is 0 Å². The van der Waals surface area contributed by atoms with Gasteiger partial charge in [-0.3, -0.25) is 4.79 Å². The van der Waals surface area contributed by atoms with Crippen LogP contribution in [0.5, 0.6) is 0 Å². The number of allylic oxidation sites excluding steroid dienone is 1. The molecule has 0 radical (unpaired) electrons. The second-order valence-electron chi connectivity index (χ2n) is 3.40. The van der Waals surface area contributed by atoms with E-state index in [1.807, 2.05) is 4.72 Å². The van der Waals surface area contributed by atoms with Crippen molar-refractivity contribution in [1.29, 1.82) is 0 Å². The Bertz CT molecular complexity index is 380. The molecule has 0 fully saturated rings. The molecule has 13 heavy (non-hydrogen) atoms. The van der Waals surface area contributed by atoms with Crippen LogP contribution in [0.3, 0.4) is 0 Å². The van der Waals surface area contributed by atoms with E-state index in [0.29, 0.717) is 23.3 Å². The summed E-state index contributed by atoms with van der Waals surface area (Å²) in [5.41, 5.74) is 0.498. The monoisotopic (exact) mass is 201 g/mol. The van der Waals surface area contributed by atoms with Crippen LogP contribution in [0.15, 0.2) is 10.5 Å². The minimum atomic E-state index is -3.44. The Balaban J connectivity index is 2.48. The van der Waals surface area contributed by atoms with Gasteiger partial charge in [-0.25, -0.2) is 13.1 Å². The number of amides is 1. The number of sulfonamides is 1. The molecular weight excluding hydrogens is 190 g/mol. The number of hydrogen-bond acceptors (Lipinski definition) is 3. The van der Waals surface area contributed by atoms with Crippen LogP contribution in [0.25, 0.3) is 0 Å². The average Bonchev–Trinajstić information content (AvgIpc) is 2.28. The lowest BCUT2D eigenvalue weighted by Crippen LogP contribution is -2.23. The Morgan fingerprint density at radius 2 is 1.77 bits per heavy atom. The van der Waals surface area contributed by atoms with Gasteiger partial charge in [-0.05, 0) is 25.7 Å². The third-order valence-electron chi connectivity index (χ3n) is 2.49. The zero-order chi connectivity index (χ0) is 9.47. The van der Waals surface area contributed by atoms with E-state index in [2.05, 4.69) is 0 Å². The van der Waals surface area contributed by atoms with Crippen LogP contribution in [0, 0.1) is 0 Å². The Labute approximate surface area is 77.1 Å². The molecule has 1 N–H and O–H groups in total. The summed E-state index contributed by atoms with van der Waals surface area (Å²) in [6, 6.07) is 0. The molecule has 0 unspecified atom stereocenters. The summed E-state index contributed by atoms with van der Waals surface area (Å²) in [5.74, 6) is -0.406. The minimum Gasteiger partial charge on any atom is -0.269 e. The Morgan fingerprint density at radius 3 is 2.54 bits per heavy atom. The lowest BCUT2D eigenvalue weighted by molar-refractivity contribution is -0.115. The van der Waals surface area contributed by atoms with E-state index in [9.17, 15) is 13.2 Å². The second-order valence-corrected chi connectivity index (χ2v) is 5.10. The van der Waals surface area contributed by atoms with Gasteiger partial charge < -0.3 is 0 Å². The van der Waals surface area contributed by atoms with Gasteiger partial charge in [-0.1, -0.05) is 6.42 Å². The largest absolute Gasteiger partial charge is 0.269 e. The highest BCUT2D eigenvalue weighted by atomic mass is 32.2. The Hall–Kier alpha value is -0.840. The van der Waals surface area contributed by atoms with Gasteiger partial charge in [-0.2, -0.15) is 0 Å². The molecule has 0 saturated heterocycles. The standard InChI is InChI=1S/C8H11NO3S/c10-8-6-4-2-1-3-5-7(6)13(11,12)9-8/h1-5H2,(H,9,10). The van der Waals surface area contributed by atoms with Crippen molar-refractivity contribution in [2.75, 3.05) is 0 Å². The highest BCUT2D eigenvalue weighted by Gasteiger charge is 2.35. The van der Waals surface area contributed by atoms with Crippen molar-refractivity contribution in [1.82, 2.24) is 4.72 Å². The van der Waals surface area contributed by atoms with Crippen molar-refractivity contribution in [2.24, 2.45) is 0 Å². The smallest absolute Gasteiger partial charge is 0.261 e. The van der Waals surface area contributed by atoms with Gasteiger partial charge in [0.25, 0.3) is 15.9 Å². The number of carbonyl (C=O) groups excluding carboxylic acids is 1. The number of nitrogens with one attached hydrogen (secondary N) is 1. The van der Waals surface area contributed by atoms with E-state index in [4.69, 9.17) is 0 Å². The molecule has 5 heteroatoms. The van der Waals surface area contributed by atoms with Crippen LogP contribution >= 0.6 is 0 Å². The lowest BCUT2D eigenvalue weighted by atomic mass is 10.1. The summed E-state index contributed by atoms with van der Waals surface area (Å²) >= 11 is 0. The number of carbonyl (C=O) groups is 1. The van der Waals surface area contributed by atoms with Gasteiger partial charge in [-0.15, -0.1) is 0 Å². The SMILES string of the molecule is O=C1NS(=O)(=O)C2=C1CCCCC2. The molecule has 2 rings (SSSR count). The van der Waals surface area contributed by atoms with Crippen LogP contribution in [0.4, 0.5) is 0 Å². The summed E-state index contributed by atoms with van der Waals surface area (Å²) in [4.78, 5) is 11.6. The zero-order valence-corrected chi connectivity index (χ0v) is 7.99. The zero-order valence-electron chi connectivity index (χ0n) is 7.17. The van der Waals surface area contributed by atoms with Crippen molar-refractivity contribution in [3.8, 4) is 0 Å². The van der Waals surface area contributed by atoms with Gasteiger partial charge in [0, 0.05) is 5.57 Å². The van der Waals surface area contributed by atoms with Crippen molar-refractivity contribution in [2.45, 2.75) is 32.1 Å². The molecule has 0 atom stereocenters. The molecule has 2 aliphatic rings. The Kier molecular flexibility index (Phi) is 1.91. The summed E-state index contributed by atoms with van der Waals surface area (Å²) in [6.07, 6.45) is 3.93. The highest BCUT2D eigenvalue weighted by molar-refractivity contribution is 7.94. The van der Waals surface area contributed by atoms with E-state index in [-0.39, 0.29) is 0 Å². The van der Waals surface area contributed by atoms with E-state index < -0.39 is 15.9 Å².